The van der Waals surface area contributed by atoms with Crippen LogP contribution in [0, 0.1) is 5.41 Å². The molecule has 0 fully saturated rings. The minimum atomic E-state index is 0.391. The first kappa shape index (κ1) is 28.0. The lowest BCUT2D eigenvalue weighted by Crippen LogP contribution is -2.18. The second-order valence-electron chi connectivity index (χ2n) is 11.3. The fraction of sp³-hybridized carbons (Fsp3) is 0. The smallest absolute Gasteiger partial charge is 0.164 e. The van der Waals surface area contributed by atoms with Crippen molar-refractivity contribution in [2.75, 3.05) is 5.43 Å². The van der Waals surface area contributed by atoms with E-state index >= 15 is 0 Å². The minimum absolute atomic E-state index is 0.391. The van der Waals surface area contributed by atoms with E-state index in [-0.39, 0.29) is 0 Å². The van der Waals surface area contributed by atoms with Crippen LogP contribution in [0.4, 0.5) is 5.69 Å². The second-order valence-corrected chi connectivity index (χ2v) is 11.3. The zero-order chi connectivity index (χ0) is 31.6. The molecule has 222 valence electrons. The van der Waals surface area contributed by atoms with Gasteiger partial charge in [0.2, 0.25) is 0 Å². The van der Waals surface area contributed by atoms with Crippen molar-refractivity contribution < 1.29 is 0 Å². The summed E-state index contributed by atoms with van der Waals surface area (Å²) in [6.07, 6.45) is 3.92. The third-order valence-corrected chi connectivity index (χ3v) is 8.24. The van der Waals surface area contributed by atoms with Crippen molar-refractivity contribution >= 4 is 34.0 Å². The summed E-state index contributed by atoms with van der Waals surface area (Å²) in [5.74, 6) is 1.89. The number of hydrogen-bond acceptors (Lipinski definition) is 6. The van der Waals surface area contributed by atoms with Crippen molar-refractivity contribution in [3.63, 3.8) is 0 Å². The van der Waals surface area contributed by atoms with Crippen molar-refractivity contribution in [2.45, 2.75) is 0 Å². The molecule has 1 aliphatic carbocycles. The SMILES string of the molecule is N=C1/C(=N\Nc2ccccc2)C=Cc2ccc3ccc(-c4ccc(-c5nc(-c6ccccc6)nc(-c6ccccc6)n5)cc4)cc3c21. The van der Waals surface area contributed by atoms with Crippen LogP contribution in [0.25, 0.3) is 62.1 Å². The number of benzene rings is 6. The van der Waals surface area contributed by atoms with Gasteiger partial charge in [-0.1, -0.05) is 133 Å². The number of nitrogens with one attached hydrogen (secondary N) is 2. The zero-order valence-electron chi connectivity index (χ0n) is 25.3. The molecule has 0 amide bonds. The van der Waals surface area contributed by atoms with E-state index in [1.807, 2.05) is 103 Å². The van der Waals surface area contributed by atoms with E-state index in [9.17, 15) is 0 Å². The van der Waals surface area contributed by atoms with Crippen LogP contribution in [-0.4, -0.2) is 26.4 Å². The number of para-hydroxylation sites is 1. The van der Waals surface area contributed by atoms with Gasteiger partial charge < -0.3 is 0 Å². The van der Waals surface area contributed by atoms with Crippen LogP contribution in [0.5, 0.6) is 0 Å². The Morgan fingerprint density at radius 2 is 1.00 bits per heavy atom. The normalized spacial score (nSPS) is 13.1. The summed E-state index contributed by atoms with van der Waals surface area (Å²) in [5.41, 5.74) is 11.7. The Kier molecular flexibility index (Phi) is 7.21. The Morgan fingerprint density at radius 1 is 0.489 bits per heavy atom. The standard InChI is InChI=1S/C41H28N6/c42-38-36(47-46-34-14-8-3-9-15-34)25-24-29-20-18-28-19-23-33(26-35(28)37(29)38)27-16-21-32(22-17-27)41-44-39(30-10-4-1-5-11-30)43-40(45-41)31-12-6-2-7-13-31/h1-26,42,46H/b42-38?,47-36-. The number of hydrogen-bond donors (Lipinski definition) is 2. The first-order valence-corrected chi connectivity index (χ1v) is 15.4. The van der Waals surface area contributed by atoms with Crippen LogP contribution in [0.2, 0.25) is 0 Å². The lowest BCUT2D eigenvalue weighted by Gasteiger charge is -2.17. The highest BCUT2D eigenvalue weighted by molar-refractivity contribution is 6.55. The van der Waals surface area contributed by atoms with E-state index in [4.69, 9.17) is 20.4 Å². The van der Waals surface area contributed by atoms with E-state index in [1.165, 1.54) is 0 Å². The van der Waals surface area contributed by atoms with Gasteiger partial charge in [0.15, 0.2) is 17.5 Å². The topological polar surface area (TPSA) is 86.9 Å². The van der Waals surface area contributed by atoms with Gasteiger partial charge in [-0.05, 0) is 51.7 Å². The summed E-state index contributed by atoms with van der Waals surface area (Å²) < 4.78 is 0. The molecule has 0 bridgehead atoms. The lowest BCUT2D eigenvalue weighted by molar-refractivity contribution is 1.07. The molecule has 0 saturated heterocycles. The van der Waals surface area contributed by atoms with Gasteiger partial charge in [0, 0.05) is 22.3 Å². The molecule has 0 unspecified atom stereocenters. The highest BCUT2D eigenvalue weighted by Crippen LogP contribution is 2.33. The molecule has 6 nitrogen and oxygen atoms in total. The van der Waals surface area contributed by atoms with Gasteiger partial charge in [-0.15, -0.1) is 0 Å². The molecule has 0 radical (unpaired) electrons. The van der Waals surface area contributed by atoms with E-state index < -0.39 is 0 Å². The summed E-state index contributed by atoms with van der Waals surface area (Å²) in [7, 11) is 0. The molecule has 1 aliphatic rings. The second kappa shape index (κ2) is 12.1. The van der Waals surface area contributed by atoms with Gasteiger partial charge in [-0.3, -0.25) is 10.8 Å². The predicted molar refractivity (Wildman–Crippen MR) is 192 cm³/mol. The average Bonchev–Trinajstić information content (AvgIpc) is 3.15. The first-order chi connectivity index (χ1) is 23.2. The van der Waals surface area contributed by atoms with Crippen molar-refractivity contribution in [3.8, 4) is 45.3 Å². The molecule has 0 saturated carbocycles. The van der Waals surface area contributed by atoms with Crippen LogP contribution in [0.15, 0.2) is 157 Å². The van der Waals surface area contributed by atoms with Crippen molar-refractivity contribution in [1.82, 2.24) is 15.0 Å². The Balaban J connectivity index is 1.14. The summed E-state index contributed by atoms with van der Waals surface area (Å²) in [4.78, 5) is 14.6. The fourth-order valence-corrected chi connectivity index (χ4v) is 5.79. The maximum absolute atomic E-state index is 9.09. The molecule has 0 aliphatic heterocycles. The first-order valence-electron chi connectivity index (χ1n) is 15.4. The molecular formula is C41H28N6. The van der Waals surface area contributed by atoms with Crippen molar-refractivity contribution in [1.29, 1.82) is 5.41 Å². The van der Waals surface area contributed by atoms with E-state index in [1.54, 1.807) is 0 Å². The molecule has 0 spiro atoms. The molecular weight excluding hydrogens is 576 g/mol. The van der Waals surface area contributed by atoms with E-state index in [2.05, 4.69) is 65.1 Å². The third kappa shape index (κ3) is 5.60. The third-order valence-electron chi connectivity index (χ3n) is 8.24. The molecule has 6 aromatic carbocycles. The van der Waals surface area contributed by atoms with Crippen molar-refractivity contribution in [2.24, 2.45) is 5.10 Å². The Bertz CT molecular complexity index is 2250. The minimum Gasteiger partial charge on any atom is -0.298 e. The van der Waals surface area contributed by atoms with Gasteiger partial charge in [-0.25, -0.2) is 15.0 Å². The molecule has 2 N–H and O–H groups in total. The molecule has 8 rings (SSSR count). The summed E-state index contributed by atoms with van der Waals surface area (Å²) in [5, 5.41) is 15.7. The summed E-state index contributed by atoms with van der Waals surface area (Å²) >= 11 is 0. The number of hydrazone groups is 1. The summed E-state index contributed by atoms with van der Waals surface area (Å²) in [6.45, 7) is 0. The fourth-order valence-electron chi connectivity index (χ4n) is 5.79. The van der Waals surface area contributed by atoms with Crippen molar-refractivity contribution in [3.05, 3.63) is 163 Å². The average molecular weight is 605 g/mol. The van der Waals surface area contributed by atoms with Crippen LogP contribution in [-0.2, 0) is 0 Å². The van der Waals surface area contributed by atoms with Gasteiger partial charge in [0.05, 0.1) is 11.4 Å². The maximum Gasteiger partial charge on any atom is 0.164 e. The summed E-state index contributed by atoms with van der Waals surface area (Å²) in [6, 6.07) is 48.7. The number of fused-ring (bicyclic) bond motifs is 3. The van der Waals surface area contributed by atoms with Crippen LogP contribution >= 0.6 is 0 Å². The Labute approximate surface area is 272 Å². The quantitative estimate of drug-likeness (QED) is 0.185. The highest BCUT2D eigenvalue weighted by Gasteiger charge is 2.20. The van der Waals surface area contributed by atoms with Gasteiger partial charge in [0.25, 0.3) is 0 Å². The lowest BCUT2D eigenvalue weighted by atomic mass is 9.88. The van der Waals surface area contributed by atoms with Crippen LogP contribution in [0.3, 0.4) is 0 Å². The van der Waals surface area contributed by atoms with Crippen LogP contribution < -0.4 is 5.43 Å². The number of aromatic nitrogens is 3. The van der Waals surface area contributed by atoms with Crippen LogP contribution in [0.1, 0.15) is 11.1 Å². The maximum atomic E-state index is 9.09. The Hall–Kier alpha value is -6.53. The molecule has 6 heteroatoms. The molecule has 1 heterocycles. The Morgan fingerprint density at radius 3 is 1.62 bits per heavy atom. The number of nitrogens with zero attached hydrogens (tertiary/aromatic N) is 4. The monoisotopic (exact) mass is 604 g/mol. The van der Waals surface area contributed by atoms with Gasteiger partial charge in [-0.2, -0.15) is 5.10 Å². The largest absolute Gasteiger partial charge is 0.298 e. The molecule has 0 atom stereocenters. The van der Waals surface area contributed by atoms with Gasteiger partial charge in [0.1, 0.15) is 5.71 Å². The number of rotatable bonds is 6. The molecule has 1 aromatic heterocycles. The van der Waals surface area contributed by atoms with E-state index in [0.717, 1.165) is 55.4 Å². The van der Waals surface area contributed by atoms with E-state index in [0.29, 0.717) is 28.9 Å². The molecule has 7 aromatic rings. The highest BCUT2D eigenvalue weighted by atomic mass is 15.3. The molecule has 47 heavy (non-hydrogen) atoms. The van der Waals surface area contributed by atoms with Gasteiger partial charge >= 0.3 is 0 Å². The zero-order valence-corrected chi connectivity index (χ0v) is 25.3. The number of anilines is 1. The number of allylic oxidation sites excluding steroid dienone is 1. The predicted octanol–water partition coefficient (Wildman–Crippen LogP) is 9.56.